The molecule has 1 saturated heterocycles. The van der Waals surface area contributed by atoms with Crippen LogP contribution in [0.15, 0.2) is 0 Å². The average Bonchev–Trinajstić information content (AvgIpc) is 3.36. The van der Waals surface area contributed by atoms with Gasteiger partial charge in [0.05, 0.1) is 19.8 Å². The standard InChI is InChI=1S/C16H27NO5/c1-10-15(21-7-12-4-5-12)14(20-6-11-2-3-11)9-19-8-13(17)16(18)22-10/h10-15H,2-9,17H2,1H3/p+1/t10-,13-,14-,15-/m0/s1. The summed E-state index contributed by atoms with van der Waals surface area (Å²) in [6, 6.07) is -0.492. The maximum absolute atomic E-state index is 11.9. The molecule has 0 radical (unpaired) electrons. The van der Waals surface area contributed by atoms with Gasteiger partial charge in [-0.25, -0.2) is 4.79 Å². The van der Waals surface area contributed by atoms with E-state index < -0.39 is 6.04 Å². The lowest BCUT2D eigenvalue weighted by Crippen LogP contribution is -2.67. The summed E-state index contributed by atoms with van der Waals surface area (Å²) in [6.45, 7) is 4.02. The van der Waals surface area contributed by atoms with Crippen LogP contribution in [0.1, 0.15) is 32.6 Å². The Morgan fingerprint density at radius 2 is 1.73 bits per heavy atom. The van der Waals surface area contributed by atoms with Crippen LogP contribution in [-0.4, -0.2) is 56.8 Å². The highest BCUT2D eigenvalue weighted by molar-refractivity contribution is 5.74. The minimum atomic E-state index is -0.492. The molecule has 4 atom stereocenters. The Bertz CT molecular complexity index is 383. The van der Waals surface area contributed by atoms with Crippen LogP contribution in [0.4, 0.5) is 0 Å². The monoisotopic (exact) mass is 314 g/mol. The number of esters is 1. The molecular formula is C16H28NO5+. The highest BCUT2D eigenvalue weighted by Gasteiger charge is 2.37. The molecule has 0 unspecified atom stereocenters. The molecule has 0 aromatic carbocycles. The van der Waals surface area contributed by atoms with Crippen molar-refractivity contribution in [1.29, 1.82) is 0 Å². The molecule has 2 saturated carbocycles. The molecule has 126 valence electrons. The second-order valence-electron chi connectivity index (χ2n) is 6.93. The molecule has 3 aliphatic rings. The van der Waals surface area contributed by atoms with Crippen LogP contribution in [0.25, 0.3) is 0 Å². The van der Waals surface area contributed by atoms with Crippen LogP contribution in [0.2, 0.25) is 0 Å². The SMILES string of the molecule is C[C@@H]1OC(=O)[C@@H]([NH3+])COC[C@H](OCC2CC2)[C@H]1OCC1CC1. The number of cyclic esters (lactones) is 1. The third-order valence-electron chi connectivity index (χ3n) is 4.53. The zero-order valence-corrected chi connectivity index (χ0v) is 13.4. The predicted octanol–water partition coefficient (Wildman–Crippen LogP) is 0.149. The average molecular weight is 314 g/mol. The van der Waals surface area contributed by atoms with Gasteiger partial charge in [0.1, 0.15) is 24.9 Å². The molecule has 6 nitrogen and oxygen atoms in total. The lowest BCUT2D eigenvalue weighted by molar-refractivity contribution is -0.415. The largest absolute Gasteiger partial charge is 0.455 e. The van der Waals surface area contributed by atoms with Crippen molar-refractivity contribution in [2.45, 2.75) is 57.0 Å². The number of quaternary nitrogens is 1. The number of hydrogen-bond acceptors (Lipinski definition) is 5. The summed E-state index contributed by atoms with van der Waals surface area (Å²) in [4.78, 5) is 11.9. The third-order valence-corrected chi connectivity index (χ3v) is 4.53. The number of ether oxygens (including phenoxy) is 4. The van der Waals surface area contributed by atoms with Gasteiger partial charge in [-0.05, 0) is 44.4 Å². The van der Waals surface area contributed by atoms with Crippen molar-refractivity contribution in [3.8, 4) is 0 Å². The van der Waals surface area contributed by atoms with Crippen molar-refractivity contribution in [3.63, 3.8) is 0 Å². The number of carbonyl (C=O) groups is 1. The van der Waals surface area contributed by atoms with E-state index in [9.17, 15) is 4.79 Å². The Morgan fingerprint density at radius 3 is 2.36 bits per heavy atom. The smallest absolute Gasteiger partial charge is 0.367 e. The second kappa shape index (κ2) is 7.25. The van der Waals surface area contributed by atoms with Gasteiger partial charge in [0.25, 0.3) is 0 Å². The van der Waals surface area contributed by atoms with E-state index in [0.717, 1.165) is 6.61 Å². The van der Waals surface area contributed by atoms with E-state index in [1.807, 2.05) is 6.92 Å². The van der Waals surface area contributed by atoms with Gasteiger partial charge in [-0.3, -0.25) is 0 Å². The van der Waals surface area contributed by atoms with E-state index in [0.29, 0.717) is 25.0 Å². The van der Waals surface area contributed by atoms with Gasteiger partial charge in [-0.1, -0.05) is 0 Å². The molecule has 3 fully saturated rings. The van der Waals surface area contributed by atoms with Crippen molar-refractivity contribution >= 4 is 5.97 Å². The minimum Gasteiger partial charge on any atom is -0.455 e. The van der Waals surface area contributed by atoms with Crippen molar-refractivity contribution in [2.24, 2.45) is 11.8 Å². The maximum Gasteiger partial charge on any atom is 0.367 e. The van der Waals surface area contributed by atoms with E-state index in [2.05, 4.69) is 5.73 Å². The third kappa shape index (κ3) is 4.65. The van der Waals surface area contributed by atoms with Crippen molar-refractivity contribution in [2.75, 3.05) is 26.4 Å². The van der Waals surface area contributed by atoms with Crippen LogP contribution >= 0.6 is 0 Å². The first-order valence-electron chi connectivity index (χ1n) is 8.48. The highest BCUT2D eigenvalue weighted by atomic mass is 16.6. The molecule has 0 spiro atoms. The minimum absolute atomic E-state index is 0.188. The molecule has 1 heterocycles. The molecular weight excluding hydrogens is 286 g/mol. The van der Waals surface area contributed by atoms with Crippen LogP contribution in [0, 0.1) is 11.8 Å². The van der Waals surface area contributed by atoms with Gasteiger partial charge in [0.2, 0.25) is 6.04 Å². The van der Waals surface area contributed by atoms with Crippen LogP contribution in [0.5, 0.6) is 0 Å². The Hall–Kier alpha value is -0.690. The molecule has 3 rings (SSSR count). The number of hydrogen-bond donors (Lipinski definition) is 1. The Balaban J connectivity index is 1.63. The van der Waals surface area contributed by atoms with E-state index in [4.69, 9.17) is 18.9 Å². The first-order valence-corrected chi connectivity index (χ1v) is 8.48. The normalized spacial score (nSPS) is 37.1. The quantitative estimate of drug-likeness (QED) is 0.706. The Kier molecular flexibility index (Phi) is 5.33. The highest BCUT2D eigenvalue weighted by Crippen LogP contribution is 2.32. The molecule has 0 aromatic rings. The molecule has 22 heavy (non-hydrogen) atoms. The van der Waals surface area contributed by atoms with E-state index in [1.54, 1.807) is 0 Å². The van der Waals surface area contributed by atoms with E-state index in [-0.39, 0.29) is 30.9 Å². The maximum atomic E-state index is 11.9. The zero-order valence-electron chi connectivity index (χ0n) is 13.4. The van der Waals surface area contributed by atoms with Crippen molar-refractivity contribution in [3.05, 3.63) is 0 Å². The fourth-order valence-corrected chi connectivity index (χ4v) is 2.60. The second-order valence-corrected chi connectivity index (χ2v) is 6.93. The summed E-state index contributed by atoms with van der Waals surface area (Å²) in [5.74, 6) is 1.01. The molecule has 2 aliphatic carbocycles. The van der Waals surface area contributed by atoms with Crippen molar-refractivity contribution < 1.29 is 29.5 Å². The summed E-state index contributed by atoms with van der Waals surface area (Å²) < 4.78 is 23.2. The summed E-state index contributed by atoms with van der Waals surface area (Å²) in [5.41, 5.74) is 3.79. The van der Waals surface area contributed by atoms with Crippen LogP contribution < -0.4 is 5.73 Å². The lowest BCUT2D eigenvalue weighted by Gasteiger charge is -2.30. The van der Waals surface area contributed by atoms with Gasteiger partial charge in [0, 0.05) is 0 Å². The van der Waals surface area contributed by atoms with Crippen LogP contribution in [0.3, 0.4) is 0 Å². The first kappa shape index (κ1) is 16.2. The summed E-state index contributed by atoms with van der Waals surface area (Å²) in [7, 11) is 0. The van der Waals surface area contributed by atoms with Crippen molar-refractivity contribution in [1.82, 2.24) is 0 Å². The molecule has 1 aliphatic heterocycles. The van der Waals surface area contributed by atoms with E-state index in [1.165, 1.54) is 25.7 Å². The number of carbonyl (C=O) groups excluding carboxylic acids is 1. The van der Waals surface area contributed by atoms with Gasteiger partial charge < -0.3 is 24.7 Å². The lowest BCUT2D eigenvalue weighted by atomic mass is 10.1. The molecule has 0 amide bonds. The van der Waals surface area contributed by atoms with Gasteiger partial charge in [-0.15, -0.1) is 0 Å². The molecule has 0 bridgehead atoms. The summed E-state index contributed by atoms with van der Waals surface area (Å²) in [5, 5.41) is 0. The Labute approximate surface area is 131 Å². The Morgan fingerprint density at radius 1 is 1.09 bits per heavy atom. The predicted molar refractivity (Wildman–Crippen MR) is 78.0 cm³/mol. The zero-order chi connectivity index (χ0) is 15.5. The van der Waals surface area contributed by atoms with Gasteiger partial charge in [0.15, 0.2) is 0 Å². The molecule has 6 heteroatoms. The molecule has 0 aromatic heterocycles. The van der Waals surface area contributed by atoms with Gasteiger partial charge in [-0.2, -0.15) is 0 Å². The molecule has 3 N–H and O–H groups in total. The summed E-state index contributed by atoms with van der Waals surface area (Å²) in [6.07, 6.45) is 4.14. The first-order chi connectivity index (χ1) is 10.6. The number of rotatable bonds is 6. The van der Waals surface area contributed by atoms with Crippen LogP contribution in [-0.2, 0) is 23.7 Å². The summed E-state index contributed by atoms with van der Waals surface area (Å²) >= 11 is 0. The fraction of sp³-hybridized carbons (Fsp3) is 0.938. The topological polar surface area (TPSA) is 81.6 Å². The fourth-order valence-electron chi connectivity index (χ4n) is 2.60. The van der Waals surface area contributed by atoms with E-state index >= 15 is 0 Å². The van der Waals surface area contributed by atoms with Gasteiger partial charge >= 0.3 is 5.97 Å².